The van der Waals surface area contributed by atoms with Crippen LogP contribution in [-0.2, 0) is 4.79 Å². The zero-order valence-corrected chi connectivity index (χ0v) is 7.76. The van der Waals surface area contributed by atoms with E-state index in [4.69, 9.17) is 0 Å². The summed E-state index contributed by atoms with van der Waals surface area (Å²) in [6, 6.07) is 0. The van der Waals surface area contributed by atoms with Crippen LogP contribution in [0.25, 0.3) is 0 Å². The summed E-state index contributed by atoms with van der Waals surface area (Å²) in [5.41, 5.74) is 1.34. The summed E-state index contributed by atoms with van der Waals surface area (Å²) in [6.45, 7) is 6.47. The maximum atomic E-state index is 10.0. The summed E-state index contributed by atoms with van der Waals surface area (Å²) in [4.78, 5) is 10.0. The van der Waals surface area contributed by atoms with E-state index in [1.54, 1.807) is 0 Å². The van der Waals surface area contributed by atoms with Gasteiger partial charge in [0.1, 0.15) is 6.29 Å². The van der Waals surface area contributed by atoms with Crippen molar-refractivity contribution in [3.8, 4) is 0 Å². The quantitative estimate of drug-likeness (QED) is 0.439. The topological polar surface area (TPSA) is 17.1 Å². The van der Waals surface area contributed by atoms with Crippen LogP contribution < -0.4 is 0 Å². The molecule has 0 amide bonds. The summed E-state index contributed by atoms with van der Waals surface area (Å²) in [7, 11) is 0. The molecule has 1 atom stereocenters. The Morgan fingerprint density at radius 2 is 2.18 bits per heavy atom. The van der Waals surface area contributed by atoms with Crippen LogP contribution in [0.3, 0.4) is 0 Å². The van der Waals surface area contributed by atoms with Gasteiger partial charge in [-0.1, -0.05) is 31.9 Å². The van der Waals surface area contributed by atoms with Crippen LogP contribution >= 0.6 is 0 Å². The average Bonchev–Trinajstić information content (AvgIpc) is 2.00. The molecule has 0 aliphatic carbocycles. The molecule has 1 heteroatoms. The molecule has 0 aliphatic heterocycles. The van der Waals surface area contributed by atoms with Crippen molar-refractivity contribution < 1.29 is 4.79 Å². The SMILES string of the molecule is CCC(C)/C=C(/C)CCC=O. The Kier molecular flexibility index (Phi) is 5.81. The van der Waals surface area contributed by atoms with Gasteiger partial charge in [0.15, 0.2) is 0 Å². The highest BCUT2D eigenvalue weighted by molar-refractivity contribution is 5.49. The normalized spacial score (nSPS) is 14.6. The fraction of sp³-hybridized carbons (Fsp3) is 0.700. The van der Waals surface area contributed by atoms with Gasteiger partial charge in [0.2, 0.25) is 0 Å². The van der Waals surface area contributed by atoms with Crippen LogP contribution in [0.5, 0.6) is 0 Å². The molecule has 1 unspecified atom stereocenters. The fourth-order valence-electron chi connectivity index (χ4n) is 0.973. The molecule has 0 saturated carbocycles. The van der Waals surface area contributed by atoms with E-state index in [-0.39, 0.29) is 0 Å². The van der Waals surface area contributed by atoms with Crippen LogP contribution in [0.15, 0.2) is 11.6 Å². The number of rotatable bonds is 5. The molecular weight excluding hydrogens is 136 g/mol. The van der Waals surface area contributed by atoms with Crippen molar-refractivity contribution in [2.75, 3.05) is 0 Å². The lowest BCUT2D eigenvalue weighted by Crippen LogP contribution is -1.88. The third-order valence-corrected chi connectivity index (χ3v) is 1.87. The Labute approximate surface area is 69.5 Å². The third-order valence-electron chi connectivity index (χ3n) is 1.87. The predicted octanol–water partition coefficient (Wildman–Crippen LogP) is 2.96. The predicted molar refractivity (Wildman–Crippen MR) is 48.5 cm³/mol. The summed E-state index contributed by atoms with van der Waals surface area (Å²) >= 11 is 0. The first-order valence-electron chi connectivity index (χ1n) is 4.31. The second-order valence-electron chi connectivity index (χ2n) is 3.10. The Bertz CT molecular complexity index is 136. The summed E-state index contributed by atoms with van der Waals surface area (Å²) in [6.07, 6.45) is 6.00. The summed E-state index contributed by atoms with van der Waals surface area (Å²) in [5, 5.41) is 0. The van der Waals surface area contributed by atoms with Crippen LogP contribution in [0.1, 0.15) is 40.0 Å². The van der Waals surface area contributed by atoms with Gasteiger partial charge in [0, 0.05) is 6.42 Å². The molecule has 0 aromatic carbocycles. The van der Waals surface area contributed by atoms with Gasteiger partial charge in [0.25, 0.3) is 0 Å². The molecule has 64 valence electrons. The van der Waals surface area contributed by atoms with Gasteiger partial charge >= 0.3 is 0 Å². The van der Waals surface area contributed by atoms with Crippen LogP contribution in [0.4, 0.5) is 0 Å². The monoisotopic (exact) mass is 154 g/mol. The Morgan fingerprint density at radius 3 is 2.64 bits per heavy atom. The third kappa shape index (κ3) is 5.84. The van der Waals surface area contributed by atoms with E-state index < -0.39 is 0 Å². The molecule has 1 nitrogen and oxygen atoms in total. The molecule has 0 fully saturated rings. The highest BCUT2D eigenvalue weighted by Gasteiger charge is 1.94. The molecule has 0 radical (unpaired) electrons. The van der Waals surface area contributed by atoms with Crippen molar-refractivity contribution in [3.63, 3.8) is 0 Å². The molecule has 0 rings (SSSR count). The zero-order valence-electron chi connectivity index (χ0n) is 7.76. The van der Waals surface area contributed by atoms with E-state index in [0.717, 1.165) is 12.7 Å². The molecule has 0 aliphatic rings. The molecular formula is C10H18O. The van der Waals surface area contributed by atoms with Crippen molar-refractivity contribution >= 4 is 6.29 Å². The molecule has 0 aromatic heterocycles. The Balaban J connectivity index is 3.69. The zero-order chi connectivity index (χ0) is 8.69. The molecule has 0 N–H and O–H groups in total. The van der Waals surface area contributed by atoms with Gasteiger partial charge < -0.3 is 4.79 Å². The standard InChI is InChI=1S/C10H18O/c1-4-9(2)8-10(3)6-5-7-11/h7-9H,4-6H2,1-3H3/b10-8-. The van der Waals surface area contributed by atoms with Crippen molar-refractivity contribution in [2.24, 2.45) is 5.92 Å². The minimum atomic E-state index is 0.654. The highest BCUT2D eigenvalue weighted by Crippen LogP contribution is 2.09. The highest BCUT2D eigenvalue weighted by atomic mass is 16.1. The van der Waals surface area contributed by atoms with E-state index in [9.17, 15) is 4.79 Å². The van der Waals surface area contributed by atoms with Crippen molar-refractivity contribution in [2.45, 2.75) is 40.0 Å². The Morgan fingerprint density at radius 1 is 1.55 bits per heavy atom. The summed E-state index contributed by atoms with van der Waals surface area (Å²) in [5.74, 6) is 0.654. The van der Waals surface area contributed by atoms with E-state index in [0.29, 0.717) is 12.3 Å². The number of carbonyl (C=O) groups is 1. The van der Waals surface area contributed by atoms with E-state index in [1.807, 2.05) is 0 Å². The molecule has 0 saturated heterocycles. The number of hydrogen-bond donors (Lipinski definition) is 0. The van der Waals surface area contributed by atoms with E-state index >= 15 is 0 Å². The van der Waals surface area contributed by atoms with Crippen molar-refractivity contribution in [1.82, 2.24) is 0 Å². The largest absolute Gasteiger partial charge is 0.303 e. The maximum Gasteiger partial charge on any atom is 0.120 e. The van der Waals surface area contributed by atoms with Crippen LogP contribution in [-0.4, -0.2) is 6.29 Å². The van der Waals surface area contributed by atoms with Gasteiger partial charge in [-0.2, -0.15) is 0 Å². The van der Waals surface area contributed by atoms with E-state index in [1.165, 1.54) is 12.0 Å². The van der Waals surface area contributed by atoms with Gasteiger partial charge in [0.05, 0.1) is 0 Å². The molecule has 11 heavy (non-hydrogen) atoms. The number of carbonyl (C=O) groups excluding carboxylic acids is 1. The molecule has 0 aromatic rings. The second kappa shape index (κ2) is 6.14. The minimum Gasteiger partial charge on any atom is -0.303 e. The second-order valence-corrected chi connectivity index (χ2v) is 3.10. The average molecular weight is 154 g/mol. The fourth-order valence-corrected chi connectivity index (χ4v) is 0.973. The van der Waals surface area contributed by atoms with Crippen LogP contribution in [0.2, 0.25) is 0 Å². The number of aldehydes is 1. The van der Waals surface area contributed by atoms with E-state index in [2.05, 4.69) is 26.8 Å². The first-order valence-corrected chi connectivity index (χ1v) is 4.31. The lowest BCUT2D eigenvalue weighted by atomic mass is 10.0. The van der Waals surface area contributed by atoms with Crippen molar-refractivity contribution in [3.05, 3.63) is 11.6 Å². The minimum absolute atomic E-state index is 0.654. The smallest absolute Gasteiger partial charge is 0.120 e. The van der Waals surface area contributed by atoms with Gasteiger partial charge in [-0.05, 0) is 19.3 Å². The number of allylic oxidation sites excluding steroid dienone is 2. The molecule has 0 bridgehead atoms. The maximum absolute atomic E-state index is 10.0. The summed E-state index contributed by atoms with van der Waals surface area (Å²) < 4.78 is 0. The number of hydrogen-bond acceptors (Lipinski definition) is 1. The van der Waals surface area contributed by atoms with Crippen LogP contribution in [0, 0.1) is 5.92 Å². The first-order chi connectivity index (χ1) is 5.20. The van der Waals surface area contributed by atoms with Gasteiger partial charge in [-0.25, -0.2) is 0 Å². The first kappa shape index (κ1) is 10.4. The molecule has 0 heterocycles. The van der Waals surface area contributed by atoms with Gasteiger partial charge in [-0.3, -0.25) is 0 Å². The van der Waals surface area contributed by atoms with Crippen molar-refractivity contribution in [1.29, 1.82) is 0 Å². The van der Waals surface area contributed by atoms with Gasteiger partial charge in [-0.15, -0.1) is 0 Å². The lowest BCUT2D eigenvalue weighted by molar-refractivity contribution is -0.107. The Hall–Kier alpha value is -0.590. The lowest BCUT2D eigenvalue weighted by Gasteiger charge is -2.03. The molecule has 0 spiro atoms.